The number of ether oxygens (including phenoxy) is 1. The van der Waals surface area contributed by atoms with Crippen molar-refractivity contribution in [1.29, 1.82) is 0 Å². The Kier molecular flexibility index (Phi) is 3.69. The maximum absolute atomic E-state index is 13.2. The van der Waals surface area contributed by atoms with Gasteiger partial charge in [0.1, 0.15) is 5.75 Å². The molecule has 0 aliphatic rings. The molecule has 3 heteroatoms. The summed E-state index contributed by atoms with van der Waals surface area (Å²) in [5, 5.41) is 1.46. The van der Waals surface area contributed by atoms with Crippen molar-refractivity contribution in [2.45, 2.75) is 0 Å². The largest absolute Gasteiger partial charge is 0.496 e. The summed E-state index contributed by atoms with van der Waals surface area (Å²) >= 11 is 0. The Labute approximate surface area is 107 Å². The Morgan fingerprint density at radius 2 is 1.67 bits per heavy atom. The first-order valence-electron chi connectivity index (χ1n) is 5.65. The predicted molar refractivity (Wildman–Crippen MR) is 76.5 cm³/mol. The van der Waals surface area contributed by atoms with Crippen LogP contribution < -0.4 is 15.3 Å². The van der Waals surface area contributed by atoms with Crippen LogP contribution in [-0.4, -0.2) is 7.11 Å². The molecule has 2 rings (SSSR count). The lowest BCUT2D eigenvalue weighted by molar-refractivity contribution is 0.418. The van der Waals surface area contributed by atoms with E-state index in [2.05, 4.69) is 6.58 Å². The summed E-state index contributed by atoms with van der Waals surface area (Å²) in [6, 6.07) is 16.7. The number of para-hydroxylation sites is 1. The fourth-order valence-electron chi connectivity index (χ4n) is 1.90. The molecule has 2 aromatic rings. The molecular formula is C15H15O2P. The fraction of sp³-hybridized carbons (Fsp3) is 0.0667. The summed E-state index contributed by atoms with van der Waals surface area (Å²) in [6.45, 7) is 3.74. The normalized spacial score (nSPS) is 13.6. The van der Waals surface area contributed by atoms with Gasteiger partial charge in [-0.3, -0.25) is 0 Å². The van der Waals surface area contributed by atoms with E-state index in [-0.39, 0.29) is 0 Å². The average molecular weight is 258 g/mol. The quantitative estimate of drug-likeness (QED) is 0.787. The van der Waals surface area contributed by atoms with Crippen LogP contribution in [0, 0.1) is 0 Å². The fourth-order valence-corrected chi connectivity index (χ4v) is 4.00. The minimum absolute atomic E-state index is 0.629. The van der Waals surface area contributed by atoms with Gasteiger partial charge in [0.15, 0.2) is 7.14 Å². The van der Waals surface area contributed by atoms with Crippen LogP contribution in [0.3, 0.4) is 0 Å². The molecule has 0 saturated heterocycles. The van der Waals surface area contributed by atoms with E-state index in [0.29, 0.717) is 11.1 Å². The Hall–Kier alpha value is -1.79. The van der Waals surface area contributed by atoms with E-state index >= 15 is 0 Å². The van der Waals surface area contributed by atoms with Gasteiger partial charge in [-0.1, -0.05) is 49.0 Å². The highest BCUT2D eigenvalue weighted by Gasteiger charge is 2.26. The van der Waals surface area contributed by atoms with Gasteiger partial charge >= 0.3 is 0 Å². The van der Waals surface area contributed by atoms with E-state index in [1.807, 2.05) is 54.6 Å². The summed E-state index contributed by atoms with van der Waals surface area (Å²) in [5.74, 6) is 2.16. The van der Waals surface area contributed by atoms with Gasteiger partial charge in [0.2, 0.25) is 0 Å². The number of benzene rings is 2. The van der Waals surface area contributed by atoms with Crippen molar-refractivity contribution in [1.82, 2.24) is 0 Å². The van der Waals surface area contributed by atoms with Gasteiger partial charge in [-0.05, 0) is 17.9 Å². The summed E-state index contributed by atoms with van der Waals surface area (Å²) in [6.07, 6.45) is 0. The van der Waals surface area contributed by atoms with Crippen LogP contribution in [-0.2, 0) is 4.57 Å². The van der Waals surface area contributed by atoms with Crippen molar-refractivity contribution in [3.05, 3.63) is 67.0 Å². The van der Waals surface area contributed by atoms with E-state index in [1.54, 1.807) is 7.11 Å². The Bertz CT molecular complexity index is 590. The van der Waals surface area contributed by atoms with Gasteiger partial charge in [-0.15, -0.1) is 0 Å². The van der Waals surface area contributed by atoms with Crippen LogP contribution in [0.25, 0.3) is 0 Å². The monoisotopic (exact) mass is 258 g/mol. The maximum atomic E-state index is 13.2. The van der Waals surface area contributed by atoms with Crippen molar-refractivity contribution in [3.63, 3.8) is 0 Å². The first kappa shape index (κ1) is 12.7. The van der Waals surface area contributed by atoms with Crippen molar-refractivity contribution in [2.75, 3.05) is 7.11 Å². The summed E-state index contributed by atoms with van der Waals surface area (Å²) in [7, 11) is -1.24. The molecule has 18 heavy (non-hydrogen) atoms. The van der Waals surface area contributed by atoms with E-state index in [0.717, 1.165) is 5.30 Å². The third-order valence-corrected chi connectivity index (χ3v) is 5.50. The minimum atomic E-state index is -2.82. The molecule has 0 aromatic heterocycles. The molecule has 1 atom stereocenters. The Balaban J connectivity index is 2.65. The highest BCUT2D eigenvalue weighted by Crippen LogP contribution is 2.46. The Morgan fingerprint density at radius 1 is 1.06 bits per heavy atom. The molecular weight excluding hydrogens is 243 g/mol. The van der Waals surface area contributed by atoms with Crippen LogP contribution in [0.15, 0.2) is 67.0 Å². The van der Waals surface area contributed by atoms with Gasteiger partial charge in [0, 0.05) is 5.30 Å². The van der Waals surface area contributed by atoms with Crippen LogP contribution in [0.5, 0.6) is 5.75 Å². The first-order valence-corrected chi connectivity index (χ1v) is 7.42. The summed E-state index contributed by atoms with van der Waals surface area (Å²) in [5.41, 5.74) is 0. The van der Waals surface area contributed by atoms with Crippen molar-refractivity contribution in [2.24, 2.45) is 0 Å². The smallest absolute Gasteiger partial charge is 0.167 e. The SMILES string of the molecule is C=C[P@@](=O)(c1ccccc1)c1ccccc1OC. The van der Waals surface area contributed by atoms with Crippen molar-refractivity contribution >= 4 is 17.8 Å². The molecule has 2 aromatic carbocycles. The maximum Gasteiger partial charge on any atom is 0.167 e. The minimum Gasteiger partial charge on any atom is -0.496 e. The molecule has 0 saturated carbocycles. The zero-order valence-corrected chi connectivity index (χ0v) is 11.1. The third-order valence-electron chi connectivity index (χ3n) is 2.84. The van der Waals surface area contributed by atoms with Crippen LogP contribution in [0.4, 0.5) is 0 Å². The molecule has 0 spiro atoms. The molecule has 0 bridgehead atoms. The second-order valence-electron chi connectivity index (χ2n) is 3.85. The number of hydrogen-bond acceptors (Lipinski definition) is 2. The molecule has 0 N–H and O–H groups in total. The zero-order chi connectivity index (χ0) is 13.0. The molecule has 0 amide bonds. The third kappa shape index (κ3) is 2.12. The second-order valence-corrected chi connectivity index (χ2v) is 6.53. The molecule has 0 fully saturated rings. The van der Waals surface area contributed by atoms with Crippen LogP contribution in [0.1, 0.15) is 0 Å². The molecule has 0 radical (unpaired) electrons. The van der Waals surface area contributed by atoms with Crippen molar-refractivity contribution in [3.8, 4) is 5.75 Å². The summed E-state index contributed by atoms with van der Waals surface area (Å²) in [4.78, 5) is 0. The van der Waals surface area contributed by atoms with Gasteiger partial charge in [-0.25, -0.2) is 0 Å². The highest BCUT2D eigenvalue weighted by molar-refractivity contribution is 7.81. The van der Waals surface area contributed by atoms with Gasteiger partial charge in [-0.2, -0.15) is 0 Å². The zero-order valence-electron chi connectivity index (χ0n) is 10.2. The van der Waals surface area contributed by atoms with Gasteiger partial charge in [0.25, 0.3) is 0 Å². The molecule has 92 valence electrons. The molecule has 0 heterocycles. The lowest BCUT2D eigenvalue weighted by Gasteiger charge is -2.17. The van der Waals surface area contributed by atoms with E-state index in [1.165, 1.54) is 5.82 Å². The van der Waals surface area contributed by atoms with E-state index in [9.17, 15) is 4.57 Å². The van der Waals surface area contributed by atoms with Gasteiger partial charge in [0.05, 0.1) is 12.4 Å². The summed E-state index contributed by atoms with van der Waals surface area (Å²) < 4.78 is 18.5. The van der Waals surface area contributed by atoms with Crippen molar-refractivity contribution < 1.29 is 9.30 Å². The molecule has 0 aliphatic carbocycles. The average Bonchev–Trinajstić information content (AvgIpc) is 2.47. The number of rotatable bonds is 4. The topological polar surface area (TPSA) is 26.3 Å². The van der Waals surface area contributed by atoms with Crippen LogP contribution in [0.2, 0.25) is 0 Å². The lowest BCUT2D eigenvalue weighted by atomic mass is 10.3. The van der Waals surface area contributed by atoms with Gasteiger partial charge < -0.3 is 9.30 Å². The highest BCUT2D eigenvalue weighted by atomic mass is 31.2. The van der Waals surface area contributed by atoms with E-state index in [4.69, 9.17) is 4.74 Å². The Morgan fingerprint density at radius 3 is 2.28 bits per heavy atom. The first-order chi connectivity index (χ1) is 8.72. The lowest BCUT2D eigenvalue weighted by Crippen LogP contribution is -2.16. The molecule has 0 unspecified atom stereocenters. The van der Waals surface area contributed by atoms with E-state index < -0.39 is 7.14 Å². The number of hydrogen-bond donors (Lipinski definition) is 0. The second kappa shape index (κ2) is 5.24. The molecule has 0 aliphatic heterocycles. The predicted octanol–water partition coefficient (Wildman–Crippen LogP) is 3.15. The van der Waals surface area contributed by atoms with Crippen LogP contribution >= 0.6 is 7.14 Å². The standard InChI is InChI=1S/C15H15O2P/c1-3-18(16,13-9-5-4-6-10-13)15-12-8-7-11-14(15)17-2/h3-12H,1H2,2H3/t18-/m1/s1. The molecule has 2 nitrogen and oxygen atoms in total. The number of methoxy groups -OCH3 is 1.